The highest BCUT2D eigenvalue weighted by molar-refractivity contribution is 7.80. The third kappa shape index (κ3) is 4.29. The van der Waals surface area contributed by atoms with Gasteiger partial charge in [0.2, 0.25) is 0 Å². The van der Waals surface area contributed by atoms with E-state index in [1.54, 1.807) is 12.1 Å². The molecule has 1 aliphatic rings. The number of rotatable bonds is 4. The van der Waals surface area contributed by atoms with Crippen molar-refractivity contribution < 1.29 is 14.7 Å². The van der Waals surface area contributed by atoms with Crippen LogP contribution < -0.4 is 10.2 Å². The van der Waals surface area contributed by atoms with Crippen molar-refractivity contribution in [2.45, 2.75) is 26.2 Å². The van der Waals surface area contributed by atoms with Gasteiger partial charge < -0.3 is 5.11 Å². The van der Waals surface area contributed by atoms with Crippen LogP contribution in [-0.2, 0) is 9.59 Å². The van der Waals surface area contributed by atoms with Crippen molar-refractivity contribution in [2.75, 3.05) is 4.90 Å². The topological polar surface area (TPSA) is 69.6 Å². The molecule has 0 unspecified atom stereocenters. The van der Waals surface area contributed by atoms with Crippen molar-refractivity contribution >= 4 is 64.1 Å². The first kappa shape index (κ1) is 21.3. The van der Waals surface area contributed by atoms with Gasteiger partial charge in [0.25, 0.3) is 11.8 Å². The third-order valence-electron chi connectivity index (χ3n) is 4.79. The number of halogens is 2. The predicted molar refractivity (Wildman–Crippen MR) is 119 cm³/mol. The molecule has 8 heteroatoms. The number of hydrogen-bond acceptors (Lipinski definition) is 4. The van der Waals surface area contributed by atoms with E-state index < -0.39 is 11.8 Å². The van der Waals surface area contributed by atoms with Crippen LogP contribution in [0.3, 0.4) is 0 Å². The van der Waals surface area contributed by atoms with Crippen molar-refractivity contribution in [3.8, 4) is 5.75 Å². The maximum atomic E-state index is 13.1. The Labute approximate surface area is 183 Å². The summed E-state index contributed by atoms with van der Waals surface area (Å²) in [5.74, 6) is -1.16. The molecule has 5 nitrogen and oxygen atoms in total. The molecule has 0 radical (unpaired) electrons. The summed E-state index contributed by atoms with van der Waals surface area (Å²) in [6, 6.07) is 10.2. The highest BCUT2D eigenvalue weighted by Crippen LogP contribution is 2.33. The van der Waals surface area contributed by atoms with Gasteiger partial charge in [0, 0.05) is 10.6 Å². The largest absolute Gasteiger partial charge is 0.506 e. The van der Waals surface area contributed by atoms with Crippen molar-refractivity contribution in [3.05, 3.63) is 63.1 Å². The first-order valence-corrected chi connectivity index (χ1v) is 10.1. The van der Waals surface area contributed by atoms with Crippen LogP contribution in [0, 0.1) is 0 Å². The molecule has 1 aliphatic heterocycles. The molecule has 2 aromatic rings. The fourth-order valence-corrected chi connectivity index (χ4v) is 3.72. The Morgan fingerprint density at radius 3 is 2.48 bits per heavy atom. The number of phenolic OH excluding ortho intramolecular Hbond substituents is 1. The smallest absolute Gasteiger partial charge is 0.270 e. The molecule has 3 rings (SSSR count). The van der Waals surface area contributed by atoms with Crippen molar-refractivity contribution in [3.63, 3.8) is 0 Å². The molecule has 0 aliphatic carbocycles. The number of nitrogens with one attached hydrogen (secondary N) is 1. The highest BCUT2D eigenvalue weighted by atomic mass is 35.5. The van der Waals surface area contributed by atoms with Crippen molar-refractivity contribution in [2.24, 2.45) is 0 Å². The molecule has 0 saturated carbocycles. The lowest BCUT2D eigenvalue weighted by atomic mass is 9.98. The summed E-state index contributed by atoms with van der Waals surface area (Å²) < 4.78 is 0. The van der Waals surface area contributed by atoms with Gasteiger partial charge in [0.15, 0.2) is 5.11 Å². The Morgan fingerprint density at radius 1 is 1.21 bits per heavy atom. The number of hydrogen-bond donors (Lipinski definition) is 2. The molecule has 1 heterocycles. The summed E-state index contributed by atoms with van der Waals surface area (Å²) in [7, 11) is 0. The Morgan fingerprint density at radius 2 is 1.86 bits per heavy atom. The van der Waals surface area contributed by atoms with Crippen molar-refractivity contribution in [1.29, 1.82) is 0 Å². The zero-order valence-electron chi connectivity index (χ0n) is 15.7. The predicted octanol–water partition coefficient (Wildman–Crippen LogP) is 5.04. The first-order chi connectivity index (χ1) is 13.7. The number of aromatic hydroxyl groups is 1. The number of nitrogens with zero attached hydrogens (tertiary/aromatic N) is 1. The lowest BCUT2D eigenvalue weighted by Gasteiger charge is -2.29. The normalized spacial score (nSPS) is 16.9. The number of amides is 2. The van der Waals surface area contributed by atoms with E-state index in [0.29, 0.717) is 11.6 Å². The average molecular weight is 449 g/mol. The molecule has 0 bridgehead atoms. The molecular weight excluding hydrogens is 431 g/mol. The van der Waals surface area contributed by atoms with Crippen LogP contribution in [-0.4, -0.2) is 22.0 Å². The Hall–Kier alpha value is -2.41. The average Bonchev–Trinajstić information content (AvgIpc) is 2.68. The molecule has 150 valence electrons. The van der Waals surface area contributed by atoms with Crippen LogP contribution in [0.4, 0.5) is 5.69 Å². The number of phenols is 1. The van der Waals surface area contributed by atoms with Crippen LogP contribution in [0.1, 0.15) is 37.3 Å². The monoisotopic (exact) mass is 448 g/mol. The summed E-state index contributed by atoms with van der Waals surface area (Å²) in [6.07, 6.45) is 2.24. The van der Waals surface area contributed by atoms with Gasteiger partial charge in [0.05, 0.1) is 10.7 Å². The van der Waals surface area contributed by atoms with Crippen molar-refractivity contribution in [1.82, 2.24) is 5.32 Å². The Balaban J connectivity index is 2.01. The van der Waals surface area contributed by atoms with E-state index >= 15 is 0 Å². The molecule has 0 spiro atoms. The number of carbonyl (C=O) groups excluding carboxylic acids is 2. The van der Waals surface area contributed by atoms with Gasteiger partial charge in [0.1, 0.15) is 11.3 Å². The third-order valence-corrected chi connectivity index (χ3v) is 5.58. The van der Waals surface area contributed by atoms with E-state index in [-0.39, 0.29) is 32.0 Å². The van der Waals surface area contributed by atoms with Gasteiger partial charge in [-0.15, -0.1) is 0 Å². The molecule has 1 saturated heterocycles. The zero-order chi connectivity index (χ0) is 21.3. The fraction of sp³-hybridized carbons (Fsp3) is 0.190. The van der Waals surface area contributed by atoms with Gasteiger partial charge in [-0.1, -0.05) is 49.2 Å². The fourth-order valence-electron chi connectivity index (χ4n) is 2.93. The first-order valence-electron chi connectivity index (χ1n) is 8.92. The molecular formula is C21H18Cl2N2O3S. The van der Waals surface area contributed by atoms with Crippen LogP contribution in [0.25, 0.3) is 6.08 Å². The van der Waals surface area contributed by atoms with E-state index in [0.717, 1.165) is 12.0 Å². The standard InChI is InChI=1S/C21H18Cl2N2O3S/c1-3-11(2)12-4-6-15(7-5-12)25-20(28)16(19(27)24-21(25)29)9-13-8-14(22)10-17(23)18(13)26/h4-11,26H,3H2,1-2H3,(H,24,27,29)/b16-9+/t11-/m0/s1. The molecule has 2 aromatic carbocycles. The maximum absolute atomic E-state index is 13.1. The lowest BCUT2D eigenvalue weighted by Crippen LogP contribution is -2.54. The number of anilines is 1. The van der Waals surface area contributed by atoms with Crippen LogP contribution in [0.2, 0.25) is 10.0 Å². The molecule has 2 N–H and O–H groups in total. The second kappa shape index (κ2) is 8.53. The van der Waals surface area contributed by atoms with Crippen LogP contribution in [0.5, 0.6) is 5.75 Å². The summed E-state index contributed by atoms with van der Waals surface area (Å²) in [5.41, 5.74) is 1.63. The minimum atomic E-state index is -0.664. The van der Waals surface area contributed by atoms with E-state index in [9.17, 15) is 14.7 Å². The van der Waals surface area contributed by atoms with Gasteiger partial charge in [-0.05, 0) is 60.5 Å². The molecule has 1 fully saturated rings. The highest BCUT2D eigenvalue weighted by Gasteiger charge is 2.34. The summed E-state index contributed by atoms with van der Waals surface area (Å²) in [4.78, 5) is 26.7. The minimum Gasteiger partial charge on any atom is -0.506 e. The maximum Gasteiger partial charge on any atom is 0.270 e. The van der Waals surface area contributed by atoms with Gasteiger partial charge in [-0.2, -0.15) is 0 Å². The molecule has 0 aromatic heterocycles. The molecule has 1 atom stereocenters. The molecule has 29 heavy (non-hydrogen) atoms. The summed E-state index contributed by atoms with van der Waals surface area (Å²) >= 11 is 17.1. The SMILES string of the molecule is CC[C@H](C)c1ccc(N2C(=O)/C(=C/c3cc(Cl)cc(Cl)c3O)C(=O)NC2=S)cc1. The van der Waals surface area contributed by atoms with E-state index in [4.69, 9.17) is 35.4 Å². The lowest BCUT2D eigenvalue weighted by molar-refractivity contribution is -0.122. The molecule has 2 amide bonds. The Bertz CT molecular complexity index is 1030. The second-order valence-corrected chi connectivity index (χ2v) is 7.91. The van der Waals surface area contributed by atoms with Crippen LogP contribution >= 0.6 is 35.4 Å². The number of carbonyl (C=O) groups is 2. The van der Waals surface area contributed by atoms with E-state index in [1.165, 1.54) is 23.1 Å². The van der Waals surface area contributed by atoms with E-state index in [1.807, 2.05) is 12.1 Å². The van der Waals surface area contributed by atoms with Gasteiger partial charge >= 0.3 is 0 Å². The Kier molecular flexibility index (Phi) is 6.27. The zero-order valence-corrected chi connectivity index (χ0v) is 18.0. The number of thiocarbonyl (C=S) groups is 1. The number of benzene rings is 2. The van der Waals surface area contributed by atoms with Gasteiger partial charge in [-0.3, -0.25) is 19.8 Å². The van der Waals surface area contributed by atoms with Gasteiger partial charge in [-0.25, -0.2) is 0 Å². The minimum absolute atomic E-state index is 0.0122. The van der Waals surface area contributed by atoms with Crippen LogP contribution in [0.15, 0.2) is 42.0 Å². The summed E-state index contributed by atoms with van der Waals surface area (Å²) in [5, 5.41) is 12.9. The van der Waals surface area contributed by atoms with E-state index in [2.05, 4.69) is 19.2 Å². The summed E-state index contributed by atoms with van der Waals surface area (Å²) in [6.45, 7) is 4.22. The second-order valence-electron chi connectivity index (χ2n) is 6.68. The quantitative estimate of drug-likeness (QED) is 0.390.